The average Bonchev–Trinajstić information content (AvgIpc) is 2.70. The van der Waals surface area contributed by atoms with Crippen LogP contribution in [0.4, 0.5) is 0 Å². The number of carbonyl (C=O) groups is 1. The van der Waals surface area contributed by atoms with Crippen LogP contribution in [0.5, 0.6) is 0 Å². The predicted molar refractivity (Wildman–Crippen MR) is 76.6 cm³/mol. The maximum atomic E-state index is 12.3. The SMILES string of the molecule is CCN(CC(C)C(N)=S)C(=O)c1sccc1C. The average molecular weight is 270 g/mol. The molecule has 1 unspecified atom stereocenters. The van der Waals surface area contributed by atoms with Crippen molar-refractivity contribution in [1.82, 2.24) is 4.90 Å². The van der Waals surface area contributed by atoms with E-state index in [4.69, 9.17) is 18.0 Å². The Morgan fingerprint density at radius 3 is 2.71 bits per heavy atom. The minimum Gasteiger partial charge on any atom is -0.393 e. The van der Waals surface area contributed by atoms with E-state index in [0.717, 1.165) is 10.4 Å². The molecule has 1 amide bonds. The molecular formula is C12H18N2OS2. The molecule has 0 bridgehead atoms. The van der Waals surface area contributed by atoms with E-state index in [0.29, 0.717) is 18.1 Å². The van der Waals surface area contributed by atoms with Crippen molar-refractivity contribution in [2.24, 2.45) is 11.7 Å². The number of thiophene rings is 1. The molecule has 0 spiro atoms. The first kappa shape index (κ1) is 14.1. The van der Waals surface area contributed by atoms with Crippen LogP contribution < -0.4 is 5.73 Å². The van der Waals surface area contributed by atoms with E-state index in [-0.39, 0.29) is 11.8 Å². The van der Waals surface area contributed by atoms with Crippen molar-refractivity contribution >= 4 is 34.5 Å². The number of aryl methyl sites for hydroxylation is 1. The number of amides is 1. The smallest absolute Gasteiger partial charge is 0.264 e. The Morgan fingerprint density at radius 1 is 1.65 bits per heavy atom. The van der Waals surface area contributed by atoms with E-state index in [1.165, 1.54) is 11.3 Å². The minimum atomic E-state index is 0.0502. The summed E-state index contributed by atoms with van der Waals surface area (Å²) in [5, 5.41) is 1.94. The van der Waals surface area contributed by atoms with Crippen LogP contribution in [0.1, 0.15) is 29.1 Å². The van der Waals surface area contributed by atoms with Gasteiger partial charge in [-0.3, -0.25) is 4.79 Å². The van der Waals surface area contributed by atoms with E-state index in [1.54, 1.807) is 4.90 Å². The second-order valence-corrected chi connectivity index (χ2v) is 5.47. The van der Waals surface area contributed by atoms with E-state index in [9.17, 15) is 4.79 Å². The molecule has 0 aromatic carbocycles. The fourth-order valence-electron chi connectivity index (χ4n) is 1.51. The van der Waals surface area contributed by atoms with Crippen LogP contribution in [0.25, 0.3) is 0 Å². The molecule has 0 aliphatic carbocycles. The largest absolute Gasteiger partial charge is 0.393 e. The van der Waals surface area contributed by atoms with E-state index in [2.05, 4.69) is 0 Å². The maximum Gasteiger partial charge on any atom is 0.264 e. The van der Waals surface area contributed by atoms with Gasteiger partial charge in [-0.05, 0) is 30.9 Å². The summed E-state index contributed by atoms with van der Waals surface area (Å²) in [7, 11) is 0. The molecule has 1 rings (SSSR count). The van der Waals surface area contributed by atoms with Crippen molar-refractivity contribution in [2.45, 2.75) is 20.8 Å². The highest BCUT2D eigenvalue weighted by Crippen LogP contribution is 2.18. The Morgan fingerprint density at radius 2 is 2.29 bits per heavy atom. The molecule has 17 heavy (non-hydrogen) atoms. The predicted octanol–water partition coefficient (Wildman–Crippen LogP) is 2.44. The normalized spacial score (nSPS) is 12.2. The molecule has 0 radical (unpaired) electrons. The Bertz CT molecular complexity index is 414. The van der Waals surface area contributed by atoms with Crippen LogP contribution >= 0.6 is 23.6 Å². The van der Waals surface area contributed by atoms with Gasteiger partial charge in [0.1, 0.15) is 0 Å². The highest BCUT2D eigenvalue weighted by atomic mass is 32.1. The summed E-state index contributed by atoms with van der Waals surface area (Å²) in [4.78, 5) is 15.3. The van der Waals surface area contributed by atoms with E-state index in [1.807, 2.05) is 32.2 Å². The topological polar surface area (TPSA) is 46.3 Å². The van der Waals surface area contributed by atoms with E-state index >= 15 is 0 Å². The van der Waals surface area contributed by atoms with Crippen LogP contribution in [-0.2, 0) is 0 Å². The highest BCUT2D eigenvalue weighted by Gasteiger charge is 2.20. The Hall–Kier alpha value is -0.940. The first-order chi connectivity index (χ1) is 7.97. The first-order valence-electron chi connectivity index (χ1n) is 5.60. The number of thiocarbonyl (C=S) groups is 1. The van der Waals surface area contributed by atoms with Gasteiger partial charge in [0.05, 0.1) is 9.87 Å². The van der Waals surface area contributed by atoms with E-state index < -0.39 is 0 Å². The Balaban J connectivity index is 2.78. The van der Waals surface area contributed by atoms with Gasteiger partial charge in [0.2, 0.25) is 0 Å². The van der Waals surface area contributed by atoms with Crippen molar-refractivity contribution < 1.29 is 4.79 Å². The van der Waals surface area contributed by atoms with Gasteiger partial charge < -0.3 is 10.6 Å². The lowest BCUT2D eigenvalue weighted by molar-refractivity contribution is 0.0759. The molecule has 94 valence electrons. The fourth-order valence-corrected chi connectivity index (χ4v) is 2.48. The van der Waals surface area contributed by atoms with Crippen molar-refractivity contribution in [3.8, 4) is 0 Å². The van der Waals surface area contributed by atoms with Gasteiger partial charge in [-0.1, -0.05) is 19.1 Å². The standard InChI is InChI=1S/C12H18N2OS2/c1-4-14(7-9(3)11(13)16)12(15)10-8(2)5-6-17-10/h5-6,9H,4,7H2,1-3H3,(H2,13,16). The number of hydrogen-bond donors (Lipinski definition) is 1. The molecule has 0 saturated heterocycles. The van der Waals surface area contributed by atoms with Crippen LogP contribution in [0.2, 0.25) is 0 Å². The molecule has 1 heterocycles. The summed E-state index contributed by atoms with van der Waals surface area (Å²) in [5.74, 6) is 0.122. The first-order valence-corrected chi connectivity index (χ1v) is 6.88. The van der Waals surface area contributed by atoms with Crippen molar-refractivity contribution in [1.29, 1.82) is 0 Å². The van der Waals surface area contributed by atoms with Gasteiger partial charge in [-0.15, -0.1) is 11.3 Å². The third kappa shape index (κ3) is 3.51. The molecular weight excluding hydrogens is 252 g/mol. The van der Waals surface area contributed by atoms with Crippen molar-refractivity contribution in [3.63, 3.8) is 0 Å². The third-order valence-electron chi connectivity index (χ3n) is 2.71. The van der Waals surface area contributed by atoms with Crippen LogP contribution in [0.15, 0.2) is 11.4 Å². The number of nitrogens with zero attached hydrogens (tertiary/aromatic N) is 1. The summed E-state index contributed by atoms with van der Waals surface area (Å²) in [6.07, 6.45) is 0. The number of rotatable bonds is 5. The number of hydrogen-bond acceptors (Lipinski definition) is 3. The molecule has 3 nitrogen and oxygen atoms in total. The summed E-state index contributed by atoms with van der Waals surface area (Å²) in [5.41, 5.74) is 6.61. The molecule has 0 aliphatic heterocycles. The molecule has 5 heteroatoms. The van der Waals surface area contributed by atoms with Crippen LogP contribution in [-0.4, -0.2) is 28.9 Å². The lowest BCUT2D eigenvalue weighted by Gasteiger charge is -2.23. The molecule has 0 fully saturated rings. The summed E-state index contributed by atoms with van der Waals surface area (Å²) in [6, 6.07) is 1.96. The van der Waals surface area contributed by atoms with Crippen molar-refractivity contribution in [2.75, 3.05) is 13.1 Å². The lowest BCUT2D eigenvalue weighted by Crippen LogP contribution is -2.38. The van der Waals surface area contributed by atoms with Gasteiger partial charge >= 0.3 is 0 Å². The highest BCUT2D eigenvalue weighted by molar-refractivity contribution is 7.80. The molecule has 1 aromatic rings. The van der Waals surface area contributed by atoms with Gasteiger partial charge in [0, 0.05) is 19.0 Å². The zero-order valence-corrected chi connectivity index (χ0v) is 12.0. The zero-order chi connectivity index (χ0) is 13.0. The number of carbonyl (C=O) groups excluding carboxylic acids is 1. The van der Waals surface area contributed by atoms with Crippen molar-refractivity contribution in [3.05, 3.63) is 21.9 Å². The zero-order valence-electron chi connectivity index (χ0n) is 10.4. The monoisotopic (exact) mass is 270 g/mol. The van der Waals surface area contributed by atoms with Gasteiger partial charge in [-0.25, -0.2) is 0 Å². The van der Waals surface area contributed by atoms with Crippen LogP contribution in [0.3, 0.4) is 0 Å². The summed E-state index contributed by atoms with van der Waals surface area (Å²) in [6.45, 7) is 7.12. The minimum absolute atomic E-state index is 0.0502. The summed E-state index contributed by atoms with van der Waals surface area (Å²) < 4.78 is 0. The van der Waals surface area contributed by atoms with Gasteiger partial charge in [-0.2, -0.15) is 0 Å². The second kappa shape index (κ2) is 6.12. The van der Waals surface area contributed by atoms with Gasteiger partial charge in [0.15, 0.2) is 0 Å². The van der Waals surface area contributed by atoms with Gasteiger partial charge in [0.25, 0.3) is 5.91 Å². The molecule has 2 N–H and O–H groups in total. The fraction of sp³-hybridized carbons (Fsp3) is 0.500. The molecule has 1 atom stereocenters. The molecule has 0 saturated carbocycles. The quantitative estimate of drug-likeness (QED) is 0.836. The van der Waals surface area contributed by atoms with Crippen LogP contribution in [0, 0.1) is 12.8 Å². The maximum absolute atomic E-state index is 12.3. The molecule has 0 aliphatic rings. The summed E-state index contributed by atoms with van der Waals surface area (Å²) >= 11 is 6.42. The lowest BCUT2D eigenvalue weighted by atomic mass is 10.1. The Kier molecular flexibility index (Phi) is 5.08. The Labute approximate surface area is 112 Å². The third-order valence-corrected chi connectivity index (χ3v) is 4.11. The molecule has 1 aromatic heterocycles. The number of nitrogens with two attached hydrogens (primary N) is 1. The second-order valence-electron chi connectivity index (χ2n) is 4.08.